The normalized spacial score (nSPS) is 16.6. The number of para-hydroxylation sites is 1. The summed E-state index contributed by atoms with van der Waals surface area (Å²) in [5.41, 5.74) is 2.81. The van der Waals surface area contributed by atoms with Gasteiger partial charge in [0.25, 0.3) is 15.9 Å². The second-order valence-electron chi connectivity index (χ2n) is 7.82. The number of amides is 2. The molecule has 0 saturated carbocycles. The maximum Gasteiger partial charge on any atom is 0.261 e. The molecule has 30 heavy (non-hydrogen) atoms. The molecule has 0 unspecified atom stereocenters. The van der Waals surface area contributed by atoms with E-state index in [1.54, 1.807) is 42.2 Å². The molecule has 2 aliphatic rings. The molecule has 8 heteroatoms. The van der Waals surface area contributed by atoms with Gasteiger partial charge in [-0.2, -0.15) is 0 Å². The van der Waals surface area contributed by atoms with Gasteiger partial charge in [0.2, 0.25) is 5.91 Å². The SMILES string of the molecule is Cc1cccc(C(=O)N2CCCC2)c1NS(=O)(=O)c1ccc2c(c1)CCCC(=O)N2. The number of fused-ring (bicyclic) bond motifs is 1. The fourth-order valence-corrected chi connectivity index (χ4v) is 5.19. The first kappa shape index (κ1) is 20.4. The molecule has 2 N–H and O–H groups in total. The second kappa shape index (κ2) is 8.10. The molecule has 0 spiro atoms. The minimum atomic E-state index is -3.91. The van der Waals surface area contributed by atoms with Crippen LogP contribution < -0.4 is 10.0 Å². The van der Waals surface area contributed by atoms with Crippen LogP contribution in [0.1, 0.15) is 47.2 Å². The van der Waals surface area contributed by atoms with E-state index >= 15 is 0 Å². The molecular weight excluding hydrogens is 402 g/mol. The topological polar surface area (TPSA) is 95.6 Å². The molecule has 0 aromatic heterocycles. The number of anilines is 2. The minimum absolute atomic E-state index is 0.0625. The van der Waals surface area contributed by atoms with Crippen LogP contribution in [0.2, 0.25) is 0 Å². The van der Waals surface area contributed by atoms with Crippen molar-refractivity contribution in [3.63, 3.8) is 0 Å². The second-order valence-corrected chi connectivity index (χ2v) is 9.51. The molecular formula is C22H25N3O4S. The number of hydrogen-bond donors (Lipinski definition) is 2. The van der Waals surface area contributed by atoms with Crippen LogP contribution in [0.25, 0.3) is 0 Å². The molecule has 4 rings (SSSR count). The lowest BCUT2D eigenvalue weighted by atomic mass is 10.1. The maximum absolute atomic E-state index is 13.2. The van der Waals surface area contributed by atoms with Crippen LogP contribution >= 0.6 is 0 Å². The van der Waals surface area contributed by atoms with Crippen LogP contribution in [-0.4, -0.2) is 38.2 Å². The van der Waals surface area contributed by atoms with Crippen molar-refractivity contribution in [2.24, 2.45) is 0 Å². The Hall–Kier alpha value is -2.87. The first-order chi connectivity index (χ1) is 14.3. The minimum Gasteiger partial charge on any atom is -0.339 e. The predicted octanol–water partition coefficient (Wildman–Crippen LogP) is 3.31. The molecule has 7 nitrogen and oxygen atoms in total. The Kier molecular flexibility index (Phi) is 5.51. The van der Waals surface area contributed by atoms with Crippen LogP contribution in [0.5, 0.6) is 0 Å². The van der Waals surface area contributed by atoms with Crippen molar-refractivity contribution in [2.75, 3.05) is 23.1 Å². The van der Waals surface area contributed by atoms with E-state index < -0.39 is 10.0 Å². The van der Waals surface area contributed by atoms with E-state index in [0.29, 0.717) is 54.9 Å². The van der Waals surface area contributed by atoms with E-state index in [-0.39, 0.29) is 16.7 Å². The third kappa shape index (κ3) is 4.05. The number of rotatable bonds is 4. The summed E-state index contributed by atoms with van der Waals surface area (Å²) in [4.78, 5) is 26.6. The first-order valence-corrected chi connectivity index (χ1v) is 11.7. The average molecular weight is 428 g/mol. The molecule has 1 fully saturated rings. The number of aryl methyl sites for hydroxylation is 2. The Morgan fingerprint density at radius 3 is 2.60 bits per heavy atom. The van der Waals surface area contributed by atoms with Gasteiger partial charge in [-0.05, 0) is 68.0 Å². The third-order valence-electron chi connectivity index (χ3n) is 5.64. The quantitative estimate of drug-likeness (QED) is 0.783. The molecule has 2 aromatic carbocycles. The van der Waals surface area contributed by atoms with Gasteiger partial charge >= 0.3 is 0 Å². The van der Waals surface area contributed by atoms with Crippen molar-refractivity contribution in [1.82, 2.24) is 4.90 Å². The Morgan fingerprint density at radius 1 is 1.07 bits per heavy atom. The van der Waals surface area contributed by atoms with Gasteiger partial charge in [-0.3, -0.25) is 14.3 Å². The lowest BCUT2D eigenvalue weighted by molar-refractivity contribution is -0.116. The van der Waals surface area contributed by atoms with Gasteiger partial charge in [0.15, 0.2) is 0 Å². The van der Waals surface area contributed by atoms with E-state index in [2.05, 4.69) is 10.0 Å². The summed E-state index contributed by atoms with van der Waals surface area (Å²) in [7, 11) is -3.91. The zero-order chi connectivity index (χ0) is 21.3. The molecule has 1 saturated heterocycles. The fourth-order valence-electron chi connectivity index (χ4n) is 3.98. The van der Waals surface area contributed by atoms with Crippen molar-refractivity contribution in [3.8, 4) is 0 Å². The summed E-state index contributed by atoms with van der Waals surface area (Å²) in [6.45, 7) is 3.16. The molecule has 0 bridgehead atoms. The molecule has 0 atom stereocenters. The van der Waals surface area contributed by atoms with E-state index in [1.165, 1.54) is 6.07 Å². The van der Waals surface area contributed by atoms with E-state index in [9.17, 15) is 18.0 Å². The van der Waals surface area contributed by atoms with E-state index in [1.807, 2.05) is 0 Å². The summed E-state index contributed by atoms with van der Waals surface area (Å²) in [5.74, 6) is -0.217. The average Bonchev–Trinajstić information content (AvgIpc) is 3.18. The van der Waals surface area contributed by atoms with Crippen LogP contribution in [0.3, 0.4) is 0 Å². The maximum atomic E-state index is 13.2. The highest BCUT2D eigenvalue weighted by molar-refractivity contribution is 7.92. The van der Waals surface area contributed by atoms with E-state index in [0.717, 1.165) is 18.4 Å². The van der Waals surface area contributed by atoms with E-state index in [4.69, 9.17) is 0 Å². The van der Waals surface area contributed by atoms with Gasteiger partial charge in [0.05, 0.1) is 16.1 Å². The smallest absolute Gasteiger partial charge is 0.261 e. The summed E-state index contributed by atoms with van der Waals surface area (Å²) in [6, 6.07) is 9.92. The summed E-state index contributed by atoms with van der Waals surface area (Å²) >= 11 is 0. The molecule has 2 amide bonds. The third-order valence-corrected chi connectivity index (χ3v) is 6.99. The number of carbonyl (C=O) groups is 2. The lowest BCUT2D eigenvalue weighted by Crippen LogP contribution is -2.29. The monoisotopic (exact) mass is 427 g/mol. The van der Waals surface area contributed by atoms with Crippen molar-refractivity contribution in [3.05, 3.63) is 53.1 Å². The number of sulfonamides is 1. The van der Waals surface area contributed by atoms with Crippen molar-refractivity contribution in [2.45, 2.75) is 43.9 Å². The zero-order valence-corrected chi connectivity index (χ0v) is 17.7. The fraction of sp³-hybridized carbons (Fsp3) is 0.364. The van der Waals surface area contributed by atoms with Gasteiger partial charge < -0.3 is 10.2 Å². The van der Waals surface area contributed by atoms with Crippen molar-refractivity contribution >= 4 is 33.2 Å². The highest BCUT2D eigenvalue weighted by atomic mass is 32.2. The van der Waals surface area contributed by atoms with Gasteiger partial charge in [-0.25, -0.2) is 8.42 Å². The number of hydrogen-bond acceptors (Lipinski definition) is 4. The number of benzene rings is 2. The zero-order valence-electron chi connectivity index (χ0n) is 16.9. The van der Waals surface area contributed by atoms with Gasteiger partial charge in [-0.1, -0.05) is 12.1 Å². The standard InChI is InChI=1S/C22H25N3O4S/c1-15-6-4-8-18(22(27)25-12-2-3-13-25)21(15)24-30(28,29)17-10-11-19-16(14-17)7-5-9-20(26)23-19/h4,6,8,10-11,14,24H,2-3,5,7,9,12-13H2,1H3,(H,23,26). The predicted molar refractivity (Wildman–Crippen MR) is 115 cm³/mol. The highest BCUT2D eigenvalue weighted by Crippen LogP contribution is 2.29. The van der Waals surface area contributed by atoms with Gasteiger partial charge in [0, 0.05) is 25.2 Å². The van der Waals surface area contributed by atoms with Crippen LogP contribution in [0.15, 0.2) is 41.3 Å². The van der Waals surface area contributed by atoms with Crippen molar-refractivity contribution < 1.29 is 18.0 Å². The lowest BCUT2D eigenvalue weighted by Gasteiger charge is -2.20. The number of nitrogens with one attached hydrogen (secondary N) is 2. The largest absolute Gasteiger partial charge is 0.339 e. The van der Waals surface area contributed by atoms with Crippen LogP contribution in [-0.2, 0) is 21.2 Å². The Bertz CT molecular complexity index is 1110. The summed E-state index contributed by atoms with van der Waals surface area (Å²) in [6.07, 6.45) is 3.64. The number of likely N-dealkylation sites (tertiary alicyclic amines) is 1. The molecule has 0 aliphatic carbocycles. The number of nitrogens with zero attached hydrogens (tertiary/aromatic N) is 1. The Balaban J connectivity index is 1.66. The number of carbonyl (C=O) groups excluding carboxylic acids is 2. The van der Waals surface area contributed by atoms with Crippen LogP contribution in [0, 0.1) is 6.92 Å². The van der Waals surface area contributed by atoms with Crippen molar-refractivity contribution in [1.29, 1.82) is 0 Å². The first-order valence-electron chi connectivity index (χ1n) is 10.2. The molecule has 2 aromatic rings. The Labute approximate surface area is 176 Å². The van der Waals surface area contributed by atoms with Crippen LogP contribution in [0.4, 0.5) is 11.4 Å². The molecule has 2 aliphatic heterocycles. The molecule has 158 valence electrons. The molecule has 2 heterocycles. The summed E-state index contributed by atoms with van der Waals surface area (Å²) < 4.78 is 29.0. The Morgan fingerprint density at radius 2 is 1.83 bits per heavy atom. The van der Waals surface area contributed by atoms with Gasteiger partial charge in [-0.15, -0.1) is 0 Å². The highest BCUT2D eigenvalue weighted by Gasteiger charge is 2.26. The molecule has 0 radical (unpaired) electrons. The van der Waals surface area contributed by atoms with Gasteiger partial charge in [0.1, 0.15) is 0 Å². The summed E-state index contributed by atoms with van der Waals surface area (Å²) in [5, 5.41) is 2.81.